The van der Waals surface area contributed by atoms with Crippen molar-refractivity contribution in [2.24, 2.45) is 5.92 Å². The minimum Gasteiger partial charge on any atom is -0.381 e. The molecule has 1 saturated heterocycles. The Bertz CT molecular complexity index is 1740. The highest BCUT2D eigenvalue weighted by atomic mass is 32.2. The number of nitrogens with zero attached hydrogens (tertiary/aromatic N) is 3. The van der Waals surface area contributed by atoms with Crippen LogP contribution in [0.15, 0.2) is 65.8 Å². The van der Waals surface area contributed by atoms with Crippen LogP contribution in [0.4, 0.5) is 24.7 Å². The van der Waals surface area contributed by atoms with Crippen molar-refractivity contribution in [1.29, 1.82) is 0 Å². The molecule has 1 amide bonds. The zero-order valence-electron chi connectivity index (χ0n) is 22.8. The molecule has 0 bridgehead atoms. The Morgan fingerprint density at radius 2 is 1.81 bits per heavy atom. The molecule has 42 heavy (non-hydrogen) atoms. The second-order valence-electron chi connectivity index (χ2n) is 10.1. The molecule has 2 aromatic carbocycles. The molecule has 0 aliphatic carbocycles. The lowest BCUT2D eigenvalue weighted by molar-refractivity contribution is -0.118. The van der Waals surface area contributed by atoms with E-state index in [1.54, 1.807) is 36.9 Å². The predicted octanol–water partition coefficient (Wildman–Crippen LogP) is 5.78. The van der Waals surface area contributed by atoms with Gasteiger partial charge in [-0.05, 0) is 60.9 Å². The van der Waals surface area contributed by atoms with E-state index in [0.717, 1.165) is 6.07 Å². The number of benzene rings is 2. The molecule has 0 unspecified atom stereocenters. The van der Waals surface area contributed by atoms with Gasteiger partial charge in [0.15, 0.2) is 5.82 Å². The molecule has 9 nitrogen and oxygen atoms in total. The van der Waals surface area contributed by atoms with Gasteiger partial charge in [-0.2, -0.15) is 5.10 Å². The second kappa shape index (κ2) is 11.9. The first-order valence-corrected chi connectivity index (χ1v) is 14.7. The van der Waals surface area contributed by atoms with Crippen molar-refractivity contribution in [2.45, 2.75) is 37.6 Å². The minimum absolute atomic E-state index is 0.0195. The molecule has 220 valence electrons. The van der Waals surface area contributed by atoms with Crippen LogP contribution in [-0.2, 0) is 19.6 Å². The molecule has 0 spiro atoms. The van der Waals surface area contributed by atoms with Crippen LogP contribution in [0.3, 0.4) is 0 Å². The van der Waals surface area contributed by atoms with Crippen molar-refractivity contribution >= 4 is 27.4 Å². The lowest BCUT2D eigenvalue weighted by Gasteiger charge is -2.22. The lowest BCUT2D eigenvalue weighted by Crippen LogP contribution is -2.20. The number of rotatable bonds is 8. The van der Waals surface area contributed by atoms with E-state index in [1.165, 1.54) is 24.4 Å². The van der Waals surface area contributed by atoms with Gasteiger partial charge in [0.2, 0.25) is 5.91 Å². The van der Waals surface area contributed by atoms with Crippen LogP contribution in [-0.4, -0.2) is 42.3 Å². The summed E-state index contributed by atoms with van der Waals surface area (Å²) in [6.45, 7) is 4.58. The molecule has 0 saturated carbocycles. The van der Waals surface area contributed by atoms with Gasteiger partial charge in [-0.1, -0.05) is 19.9 Å². The number of nitrogens with one attached hydrogen (secondary N) is 2. The maximum Gasteiger partial charge on any atom is 0.265 e. The largest absolute Gasteiger partial charge is 0.381 e. The third kappa shape index (κ3) is 6.16. The quantitative estimate of drug-likeness (QED) is 0.266. The van der Waals surface area contributed by atoms with Crippen LogP contribution >= 0.6 is 0 Å². The van der Waals surface area contributed by atoms with Crippen molar-refractivity contribution in [1.82, 2.24) is 14.8 Å². The smallest absolute Gasteiger partial charge is 0.265 e. The fourth-order valence-corrected chi connectivity index (χ4v) is 5.70. The molecular formula is C29H28F3N5O4S. The molecule has 2 aromatic heterocycles. The number of carbonyl (C=O) groups is 1. The number of halogens is 3. The monoisotopic (exact) mass is 599 g/mol. The van der Waals surface area contributed by atoms with Gasteiger partial charge in [-0.15, -0.1) is 0 Å². The zero-order valence-corrected chi connectivity index (χ0v) is 23.6. The summed E-state index contributed by atoms with van der Waals surface area (Å²) in [5.41, 5.74) is 0.815. The van der Waals surface area contributed by atoms with E-state index in [9.17, 15) is 22.0 Å². The summed E-state index contributed by atoms with van der Waals surface area (Å²) >= 11 is 0. The van der Waals surface area contributed by atoms with E-state index in [4.69, 9.17) is 9.84 Å². The fourth-order valence-electron chi connectivity index (χ4n) is 4.55. The number of aromatic nitrogens is 3. The Labute approximate surface area is 240 Å². The molecule has 0 radical (unpaired) electrons. The fraction of sp³-hybridized carbons (Fsp3) is 0.276. The number of ether oxygens (including phenoxy) is 1. The topological polar surface area (TPSA) is 115 Å². The van der Waals surface area contributed by atoms with Crippen LogP contribution in [0.5, 0.6) is 0 Å². The number of hydrogen-bond acceptors (Lipinski definition) is 6. The maximum atomic E-state index is 16.0. The Morgan fingerprint density at radius 3 is 2.55 bits per heavy atom. The second-order valence-corrected chi connectivity index (χ2v) is 11.8. The first kappa shape index (κ1) is 29.3. The molecular weight excluding hydrogens is 571 g/mol. The van der Waals surface area contributed by atoms with Crippen LogP contribution in [0.2, 0.25) is 0 Å². The molecule has 5 rings (SSSR count). The third-order valence-electron chi connectivity index (χ3n) is 6.82. The molecule has 2 N–H and O–H groups in total. The SMILES string of the molecule is CC(C)C(=O)Nc1cc(-c2cn(C3CCOCC3)nc2-c2cccc(NS(=O)(=O)c3cc(F)ccc3F)c2F)ccn1. The predicted molar refractivity (Wildman–Crippen MR) is 151 cm³/mol. The lowest BCUT2D eigenvalue weighted by atomic mass is 10.0. The van der Waals surface area contributed by atoms with E-state index in [2.05, 4.69) is 10.3 Å². The summed E-state index contributed by atoms with van der Waals surface area (Å²) < 4.78 is 79.0. The molecule has 0 atom stereocenters. The highest BCUT2D eigenvalue weighted by Crippen LogP contribution is 2.37. The van der Waals surface area contributed by atoms with Gasteiger partial charge < -0.3 is 10.1 Å². The Morgan fingerprint density at radius 1 is 1.05 bits per heavy atom. The van der Waals surface area contributed by atoms with Gasteiger partial charge in [0, 0.05) is 42.7 Å². The van der Waals surface area contributed by atoms with E-state index < -0.39 is 38.1 Å². The average Bonchev–Trinajstić information content (AvgIpc) is 3.41. The van der Waals surface area contributed by atoms with E-state index in [0.29, 0.717) is 55.1 Å². The van der Waals surface area contributed by atoms with Crippen molar-refractivity contribution in [3.8, 4) is 22.4 Å². The number of carbonyl (C=O) groups excluding carboxylic acids is 1. The number of sulfonamides is 1. The summed E-state index contributed by atoms with van der Waals surface area (Å²) in [7, 11) is -4.68. The van der Waals surface area contributed by atoms with Crippen LogP contribution in [0.25, 0.3) is 22.4 Å². The Kier molecular flexibility index (Phi) is 8.32. The maximum absolute atomic E-state index is 16.0. The van der Waals surface area contributed by atoms with Gasteiger partial charge in [-0.25, -0.2) is 26.6 Å². The highest BCUT2D eigenvalue weighted by Gasteiger charge is 2.26. The standard InChI is InChI=1S/C29H28F3N5O4S/c1-17(2)29(38)34-26-14-18(8-11-33-26)22-16-37(20-9-12-41-13-10-20)35-28(22)21-4-3-5-24(27(21)32)36-42(39,40)25-15-19(30)6-7-23(25)31/h3-8,11,14-17,20,36H,9-10,12-13H2,1-2H3,(H,33,34,38). The van der Waals surface area contributed by atoms with Crippen molar-refractivity contribution in [2.75, 3.05) is 23.3 Å². The molecule has 1 aliphatic heterocycles. The van der Waals surface area contributed by atoms with E-state index in [-0.39, 0.29) is 29.1 Å². The van der Waals surface area contributed by atoms with Gasteiger partial charge in [0.1, 0.15) is 28.0 Å². The van der Waals surface area contributed by atoms with E-state index in [1.807, 2.05) is 4.72 Å². The summed E-state index contributed by atoms with van der Waals surface area (Å²) in [5, 5.41) is 7.46. The van der Waals surface area contributed by atoms with Crippen LogP contribution in [0.1, 0.15) is 32.7 Å². The van der Waals surface area contributed by atoms with Gasteiger partial charge >= 0.3 is 0 Å². The summed E-state index contributed by atoms with van der Waals surface area (Å²) in [6.07, 6.45) is 4.66. The normalized spacial score (nSPS) is 14.2. The average molecular weight is 600 g/mol. The first-order chi connectivity index (χ1) is 20.0. The number of amides is 1. The summed E-state index contributed by atoms with van der Waals surface area (Å²) in [6, 6.07) is 9.34. The molecule has 1 fully saturated rings. The van der Waals surface area contributed by atoms with Crippen molar-refractivity contribution in [3.63, 3.8) is 0 Å². The minimum atomic E-state index is -4.68. The zero-order chi connectivity index (χ0) is 30.0. The number of hydrogen-bond donors (Lipinski definition) is 2. The third-order valence-corrected chi connectivity index (χ3v) is 8.20. The van der Waals surface area contributed by atoms with Crippen LogP contribution < -0.4 is 10.0 Å². The number of anilines is 2. The molecule has 3 heterocycles. The van der Waals surface area contributed by atoms with E-state index >= 15 is 4.39 Å². The summed E-state index contributed by atoms with van der Waals surface area (Å²) in [4.78, 5) is 15.5. The molecule has 4 aromatic rings. The molecule has 13 heteroatoms. The van der Waals surface area contributed by atoms with Crippen LogP contribution in [0, 0.1) is 23.4 Å². The first-order valence-electron chi connectivity index (χ1n) is 13.2. The van der Waals surface area contributed by atoms with Gasteiger partial charge in [-0.3, -0.25) is 14.2 Å². The number of pyridine rings is 1. The highest BCUT2D eigenvalue weighted by molar-refractivity contribution is 7.92. The van der Waals surface area contributed by atoms with Crippen molar-refractivity contribution < 1.29 is 31.1 Å². The Hall–Kier alpha value is -4.23. The Balaban J connectivity index is 1.58. The van der Waals surface area contributed by atoms with Crippen molar-refractivity contribution in [3.05, 3.63) is 78.4 Å². The summed E-state index contributed by atoms with van der Waals surface area (Å²) in [5.74, 6) is -3.30. The van der Waals surface area contributed by atoms with Gasteiger partial charge in [0.05, 0.1) is 11.7 Å². The molecule has 1 aliphatic rings. The van der Waals surface area contributed by atoms with Gasteiger partial charge in [0.25, 0.3) is 10.0 Å².